The third-order valence-corrected chi connectivity index (χ3v) is 1.82. The van der Waals surface area contributed by atoms with Crippen molar-refractivity contribution in [3.8, 4) is 11.3 Å². The molecule has 2 aromatic heterocycles. The van der Waals surface area contributed by atoms with Crippen molar-refractivity contribution in [3.05, 3.63) is 30.2 Å². The van der Waals surface area contributed by atoms with Crippen molar-refractivity contribution >= 4 is 6.29 Å². The zero-order chi connectivity index (χ0) is 9.26. The molecule has 0 aromatic carbocycles. The van der Waals surface area contributed by atoms with Gasteiger partial charge in [-0.2, -0.15) is 0 Å². The van der Waals surface area contributed by atoms with E-state index in [1.54, 1.807) is 0 Å². The number of carbonyl (C=O) groups excluding carboxylic acids is 1. The van der Waals surface area contributed by atoms with Gasteiger partial charge < -0.3 is 9.09 Å². The quantitative estimate of drug-likeness (QED) is 0.651. The lowest BCUT2D eigenvalue weighted by atomic mass is 10.2. The molecule has 0 fully saturated rings. The topological polar surface area (TPSA) is 48.0 Å². The fourth-order valence-electron chi connectivity index (χ4n) is 1.19. The number of carbonyl (C=O) groups is 1. The Labute approximate surface area is 74.8 Å². The minimum Gasteiger partial charge on any atom is -0.357 e. The summed E-state index contributed by atoms with van der Waals surface area (Å²) in [5.74, 6) is 0.524. The van der Waals surface area contributed by atoms with Gasteiger partial charge in [-0.05, 0) is 6.07 Å². The van der Waals surface area contributed by atoms with Crippen LogP contribution in [-0.2, 0) is 7.05 Å². The third-order valence-electron chi connectivity index (χ3n) is 1.82. The summed E-state index contributed by atoms with van der Waals surface area (Å²) in [5.41, 5.74) is 1.34. The number of hydrogen-bond acceptors (Lipinski definition) is 3. The van der Waals surface area contributed by atoms with Crippen molar-refractivity contribution in [2.24, 2.45) is 7.05 Å². The van der Waals surface area contributed by atoms with Gasteiger partial charge in [-0.15, -0.1) is 0 Å². The first-order valence-corrected chi connectivity index (χ1v) is 3.83. The molecule has 4 heteroatoms. The maximum atomic E-state index is 10.6. The molecule has 0 atom stereocenters. The van der Waals surface area contributed by atoms with Crippen LogP contribution in [0, 0.1) is 0 Å². The second kappa shape index (κ2) is 2.90. The van der Waals surface area contributed by atoms with Crippen molar-refractivity contribution in [1.29, 1.82) is 0 Å². The lowest BCUT2D eigenvalue weighted by Crippen LogP contribution is -1.80. The van der Waals surface area contributed by atoms with Gasteiger partial charge in [0.25, 0.3) is 0 Å². The second-order valence-electron chi connectivity index (χ2n) is 2.79. The highest BCUT2D eigenvalue weighted by atomic mass is 16.5. The minimum atomic E-state index is 0.478. The molecular weight excluding hydrogens is 168 g/mol. The molecule has 4 nitrogen and oxygen atoms in total. The molecule has 0 aliphatic rings. The van der Waals surface area contributed by atoms with E-state index in [4.69, 9.17) is 4.52 Å². The number of nitrogens with zero attached hydrogens (tertiary/aromatic N) is 2. The van der Waals surface area contributed by atoms with E-state index in [2.05, 4.69) is 5.16 Å². The molecule has 66 valence electrons. The zero-order valence-corrected chi connectivity index (χ0v) is 7.10. The number of rotatable bonds is 2. The summed E-state index contributed by atoms with van der Waals surface area (Å²) in [7, 11) is 1.90. The maximum absolute atomic E-state index is 10.6. The van der Waals surface area contributed by atoms with Crippen molar-refractivity contribution in [1.82, 2.24) is 9.72 Å². The van der Waals surface area contributed by atoms with Gasteiger partial charge in [0.05, 0.1) is 11.8 Å². The van der Waals surface area contributed by atoms with Crippen molar-refractivity contribution < 1.29 is 9.32 Å². The van der Waals surface area contributed by atoms with E-state index in [-0.39, 0.29) is 0 Å². The molecule has 0 unspecified atom stereocenters. The fraction of sp³-hybridized carbons (Fsp3) is 0.111. The van der Waals surface area contributed by atoms with Crippen LogP contribution in [0.2, 0.25) is 0 Å². The highest BCUT2D eigenvalue weighted by Gasteiger charge is 2.10. The molecule has 2 aromatic rings. The number of hydrogen-bond donors (Lipinski definition) is 0. The van der Waals surface area contributed by atoms with Crippen LogP contribution in [0.15, 0.2) is 29.2 Å². The van der Waals surface area contributed by atoms with Crippen LogP contribution in [0.4, 0.5) is 0 Å². The molecule has 0 radical (unpaired) electrons. The lowest BCUT2D eigenvalue weighted by Gasteiger charge is -1.89. The van der Waals surface area contributed by atoms with E-state index in [1.165, 1.54) is 6.20 Å². The average molecular weight is 176 g/mol. The Balaban J connectivity index is 2.51. The summed E-state index contributed by atoms with van der Waals surface area (Å²) in [4.78, 5) is 10.6. The van der Waals surface area contributed by atoms with Crippen molar-refractivity contribution in [2.45, 2.75) is 0 Å². The molecule has 0 saturated heterocycles. The Kier molecular flexibility index (Phi) is 1.73. The summed E-state index contributed by atoms with van der Waals surface area (Å²) >= 11 is 0. The predicted molar refractivity (Wildman–Crippen MR) is 46.3 cm³/mol. The van der Waals surface area contributed by atoms with Gasteiger partial charge in [-0.1, -0.05) is 5.16 Å². The Hall–Kier alpha value is -1.84. The van der Waals surface area contributed by atoms with Crippen molar-refractivity contribution in [3.63, 3.8) is 0 Å². The molecule has 0 aliphatic heterocycles. The molecule has 0 N–H and O–H groups in total. The molecule has 0 aliphatic carbocycles. The SMILES string of the molecule is Cn1ccc(-c2oncc2C=O)c1. The smallest absolute Gasteiger partial charge is 0.178 e. The van der Waals surface area contributed by atoms with Crippen LogP contribution in [-0.4, -0.2) is 16.0 Å². The Morgan fingerprint density at radius 1 is 1.62 bits per heavy atom. The number of aromatic nitrogens is 2. The second-order valence-corrected chi connectivity index (χ2v) is 2.79. The normalized spacial score (nSPS) is 10.2. The van der Waals surface area contributed by atoms with E-state index in [1.807, 2.05) is 30.1 Å². The maximum Gasteiger partial charge on any atom is 0.178 e. The summed E-state index contributed by atoms with van der Waals surface area (Å²) < 4.78 is 6.84. The molecule has 0 amide bonds. The minimum absolute atomic E-state index is 0.478. The van der Waals surface area contributed by atoms with E-state index < -0.39 is 0 Å². The van der Waals surface area contributed by atoms with E-state index in [0.717, 1.165) is 11.8 Å². The molecular formula is C9H8N2O2. The van der Waals surface area contributed by atoms with Crippen LogP contribution in [0.5, 0.6) is 0 Å². The van der Waals surface area contributed by atoms with Gasteiger partial charge in [0.1, 0.15) is 0 Å². The first kappa shape index (κ1) is 7.79. The first-order chi connectivity index (χ1) is 6.31. The van der Waals surface area contributed by atoms with Crippen molar-refractivity contribution in [2.75, 3.05) is 0 Å². The molecule has 0 spiro atoms. The van der Waals surface area contributed by atoms with Crippen LogP contribution in [0.1, 0.15) is 10.4 Å². The average Bonchev–Trinajstić information content (AvgIpc) is 2.71. The van der Waals surface area contributed by atoms with E-state index in [0.29, 0.717) is 11.3 Å². The zero-order valence-electron chi connectivity index (χ0n) is 7.10. The Bertz CT molecular complexity index is 428. The highest BCUT2D eigenvalue weighted by molar-refractivity contribution is 5.84. The van der Waals surface area contributed by atoms with Gasteiger partial charge in [-0.3, -0.25) is 4.79 Å². The van der Waals surface area contributed by atoms with Crippen LogP contribution in [0.25, 0.3) is 11.3 Å². The van der Waals surface area contributed by atoms with Gasteiger partial charge in [0.15, 0.2) is 12.0 Å². The summed E-state index contributed by atoms with van der Waals surface area (Å²) in [5, 5.41) is 3.56. The lowest BCUT2D eigenvalue weighted by molar-refractivity contribution is 0.112. The predicted octanol–water partition coefficient (Wildman–Crippen LogP) is 1.49. The standard InChI is InChI=1S/C9H8N2O2/c1-11-3-2-7(5-11)9-8(6-12)4-10-13-9/h2-6H,1H3. The molecule has 13 heavy (non-hydrogen) atoms. The largest absolute Gasteiger partial charge is 0.357 e. The molecule has 0 saturated carbocycles. The fourth-order valence-corrected chi connectivity index (χ4v) is 1.19. The summed E-state index contributed by atoms with van der Waals surface area (Å²) in [6.45, 7) is 0. The molecule has 2 rings (SSSR count). The van der Waals surface area contributed by atoms with Gasteiger partial charge in [-0.25, -0.2) is 0 Å². The monoisotopic (exact) mass is 176 g/mol. The van der Waals surface area contributed by atoms with Crippen LogP contribution in [0.3, 0.4) is 0 Å². The highest BCUT2D eigenvalue weighted by Crippen LogP contribution is 2.21. The van der Waals surface area contributed by atoms with E-state index >= 15 is 0 Å². The first-order valence-electron chi connectivity index (χ1n) is 3.83. The number of aldehydes is 1. The van der Waals surface area contributed by atoms with Crippen LogP contribution >= 0.6 is 0 Å². The van der Waals surface area contributed by atoms with Gasteiger partial charge in [0.2, 0.25) is 0 Å². The molecule has 2 heterocycles. The Morgan fingerprint density at radius 2 is 2.46 bits per heavy atom. The third kappa shape index (κ3) is 1.26. The Morgan fingerprint density at radius 3 is 3.08 bits per heavy atom. The van der Waals surface area contributed by atoms with E-state index in [9.17, 15) is 4.79 Å². The van der Waals surface area contributed by atoms with Gasteiger partial charge >= 0.3 is 0 Å². The summed E-state index contributed by atoms with van der Waals surface area (Å²) in [6.07, 6.45) is 5.90. The number of aryl methyl sites for hydroxylation is 1. The van der Waals surface area contributed by atoms with Gasteiger partial charge in [0, 0.05) is 25.0 Å². The van der Waals surface area contributed by atoms with Crippen LogP contribution < -0.4 is 0 Å². The summed E-state index contributed by atoms with van der Waals surface area (Å²) in [6, 6.07) is 1.87. The molecule has 0 bridgehead atoms.